The largest absolute Gasteiger partial charge is 0.442 e. The molecule has 0 aromatic heterocycles. The number of fused-ring (bicyclic) bond motifs is 1. The number of carbonyl (C=O) groups excluding carboxylic acids is 1. The zero-order valence-electron chi connectivity index (χ0n) is 28.9. The maximum absolute atomic E-state index is 13.7. The zero-order valence-corrected chi connectivity index (χ0v) is 28.9. The van der Waals surface area contributed by atoms with E-state index in [4.69, 9.17) is 4.74 Å². The molecule has 242 valence electrons. The molecule has 0 saturated heterocycles. The third-order valence-corrected chi connectivity index (χ3v) is 8.99. The summed E-state index contributed by atoms with van der Waals surface area (Å²) in [5.74, 6) is -0.338. The van der Waals surface area contributed by atoms with Gasteiger partial charge in [-0.25, -0.2) is 4.79 Å². The maximum Gasteiger partial charge on any atom is 0.340 e. The maximum atomic E-state index is 13.7. The highest BCUT2D eigenvalue weighted by Crippen LogP contribution is 2.45. The van der Waals surface area contributed by atoms with Crippen LogP contribution in [0.2, 0.25) is 0 Å². The Morgan fingerprint density at radius 3 is 1.25 bits per heavy atom. The van der Waals surface area contributed by atoms with Gasteiger partial charge in [-0.05, 0) is 94.9 Å². The lowest BCUT2D eigenvalue weighted by molar-refractivity contribution is 0.0299. The number of aryl methyl sites for hydroxylation is 1. The summed E-state index contributed by atoms with van der Waals surface area (Å²) >= 11 is 0. The Balaban J connectivity index is 1.65. The quantitative estimate of drug-likeness (QED) is 0.152. The standard InChI is InChI=1S/C43H43N3O2/c1-30-12-14-31(15-13-30)39(32-16-22-35(23-17-32)44(2)3)28-43(41-11-9-8-10-38(41)42(47)48-43)29-40(33-18-24-36(25-19-33)45(4)5)34-20-26-37(27-21-34)46(6)7/h8-29H,1-7H3. The molecule has 1 aliphatic rings. The van der Waals surface area contributed by atoms with E-state index >= 15 is 0 Å². The van der Waals surface area contributed by atoms with Gasteiger partial charge in [-0.15, -0.1) is 0 Å². The number of hydrogen-bond donors (Lipinski definition) is 0. The first-order chi connectivity index (χ1) is 23.0. The molecular formula is C43H43N3O2. The number of carbonyl (C=O) groups is 1. The fourth-order valence-corrected chi connectivity index (χ4v) is 6.17. The van der Waals surface area contributed by atoms with Gasteiger partial charge in [0.15, 0.2) is 5.60 Å². The lowest BCUT2D eigenvalue weighted by Gasteiger charge is -2.27. The minimum atomic E-state index is -1.19. The van der Waals surface area contributed by atoms with E-state index in [1.807, 2.05) is 66.6 Å². The molecule has 5 nitrogen and oxygen atoms in total. The molecule has 5 aromatic carbocycles. The first-order valence-corrected chi connectivity index (χ1v) is 16.2. The number of cyclic esters (lactones) is 1. The van der Waals surface area contributed by atoms with E-state index in [-0.39, 0.29) is 5.97 Å². The average Bonchev–Trinajstić information content (AvgIpc) is 3.37. The molecule has 0 saturated carbocycles. The van der Waals surface area contributed by atoms with Crippen molar-refractivity contribution in [3.8, 4) is 0 Å². The van der Waals surface area contributed by atoms with Gasteiger partial charge in [-0.3, -0.25) is 0 Å². The summed E-state index contributed by atoms with van der Waals surface area (Å²) in [5.41, 5.74) is 10.8. The number of esters is 1. The number of nitrogens with zero attached hydrogens (tertiary/aromatic N) is 3. The lowest BCUT2D eigenvalue weighted by Crippen LogP contribution is -2.22. The molecule has 0 spiro atoms. The molecule has 48 heavy (non-hydrogen) atoms. The second kappa shape index (κ2) is 13.3. The average molecular weight is 634 g/mol. The van der Waals surface area contributed by atoms with Crippen LogP contribution in [-0.4, -0.2) is 48.3 Å². The van der Waals surface area contributed by atoms with Gasteiger partial charge < -0.3 is 19.4 Å². The molecule has 1 aliphatic heterocycles. The first-order valence-electron chi connectivity index (χ1n) is 16.2. The van der Waals surface area contributed by atoms with Gasteiger partial charge in [0, 0.05) is 64.9 Å². The van der Waals surface area contributed by atoms with E-state index in [2.05, 4.69) is 131 Å². The van der Waals surface area contributed by atoms with Gasteiger partial charge in [0.1, 0.15) is 0 Å². The van der Waals surface area contributed by atoms with Crippen LogP contribution in [0.25, 0.3) is 11.1 Å². The summed E-state index contributed by atoms with van der Waals surface area (Å²) in [6.07, 6.45) is 4.27. The van der Waals surface area contributed by atoms with Gasteiger partial charge >= 0.3 is 5.97 Å². The molecule has 1 heterocycles. The van der Waals surface area contributed by atoms with Crippen LogP contribution in [0.15, 0.2) is 133 Å². The van der Waals surface area contributed by atoms with Crippen molar-refractivity contribution in [1.29, 1.82) is 0 Å². The molecule has 5 aromatic rings. The summed E-state index contributed by atoms with van der Waals surface area (Å²) in [6, 6.07) is 41.9. The molecule has 0 radical (unpaired) electrons. The van der Waals surface area contributed by atoms with Crippen molar-refractivity contribution in [3.05, 3.63) is 172 Å². The van der Waals surface area contributed by atoms with Crippen LogP contribution in [0.5, 0.6) is 0 Å². The third-order valence-electron chi connectivity index (χ3n) is 8.99. The summed E-state index contributed by atoms with van der Waals surface area (Å²) in [5, 5.41) is 0. The molecule has 1 unspecified atom stereocenters. The van der Waals surface area contributed by atoms with E-state index in [1.165, 1.54) is 5.56 Å². The number of ether oxygens (including phenoxy) is 1. The molecule has 0 fully saturated rings. The molecule has 5 heteroatoms. The van der Waals surface area contributed by atoms with Crippen LogP contribution in [-0.2, 0) is 10.3 Å². The summed E-state index contributed by atoms with van der Waals surface area (Å²) in [6.45, 7) is 2.09. The van der Waals surface area contributed by atoms with Gasteiger partial charge in [0.05, 0.1) is 5.56 Å². The Bertz CT molecular complexity index is 1920. The van der Waals surface area contributed by atoms with Crippen LogP contribution >= 0.6 is 0 Å². The monoisotopic (exact) mass is 633 g/mol. The number of benzene rings is 5. The van der Waals surface area contributed by atoms with Crippen LogP contribution in [0, 0.1) is 6.92 Å². The normalized spacial score (nSPS) is 15.4. The topological polar surface area (TPSA) is 36.0 Å². The summed E-state index contributed by atoms with van der Waals surface area (Å²) in [7, 11) is 12.2. The fraction of sp³-hybridized carbons (Fsp3) is 0.186. The SMILES string of the molecule is Cc1ccc(C(=CC2(C=C(c3ccc(N(C)C)cc3)c3ccc(N(C)C)cc3)OC(=O)c3ccccc32)c2ccc(N(C)C)cc2)cc1. The number of hydrogen-bond acceptors (Lipinski definition) is 5. The zero-order chi connectivity index (χ0) is 34.0. The Labute approximate surface area is 285 Å². The van der Waals surface area contributed by atoms with Crippen molar-refractivity contribution in [2.45, 2.75) is 12.5 Å². The highest BCUT2D eigenvalue weighted by Gasteiger charge is 2.43. The van der Waals surface area contributed by atoms with Gasteiger partial charge in [0.2, 0.25) is 0 Å². The van der Waals surface area contributed by atoms with Crippen molar-refractivity contribution in [2.75, 3.05) is 57.0 Å². The second-order valence-electron chi connectivity index (χ2n) is 13.0. The number of rotatable bonds is 9. The van der Waals surface area contributed by atoms with Crippen molar-refractivity contribution < 1.29 is 9.53 Å². The van der Waals surface area contributed by atoms with E-state index < -0.39 is 5.60 Å². The first kappa shape index (κ1) is 32.4. The van der Waals surface area contributed by atoms with Crippen molar-refractivity contribution in [1.82, 2.24) is 0 Å². The minimum Gasteiger partial charge on any atom is -0.442 e. The van der Waals surface area contributed by atoms with Crippen molar-refractivity contribution in [2.24, 2.45) is 0 Å². The Hall–Kier alpha value is -5.55. The van der Waals surface area contributed by atoms with E-state index in [0.717, 1.165) is 56.0 Å². The van der Waals surface area contributed by atoms with Gasteiger partial charge in [0.25, 0.3) is 0 Å². The summed E-state index contributed by atoms with van der Waals surface area (Å²) < 4.78 is 6.56. The predicted molar refractivity (Wildman–Crippen MR) is 201 cm³/mol. The van der Waals surface area contributed by atoms with Crippen molar-refractivity contribution in [3.63, 3.8) is 0 Å². The smallest absolute Gasteiger partial charge is 0.340 e. The van der Waals surface area contributed by atoms with Crippen LogP contribution in [0.4, 0.5) is 17.1 Å². The molecule has 1 atom stereocenters. The van der Waals surface area contributed by atoms with Crippen LogP contribution < -0.4 is 14.7 Å². The lowest BCUT2D eigenvalue weighted by atomic mass is 9.83. The molecule has 0 bridgehead atoms. The van der Waals surface area contributed by atoms with Gasteiger partial charge in [-0.1, -0.05) is 84.4 Å². The number of anilines is 3. The molecule has 0 N–H and O–H groups in total. The summed E-state index contributed by atoms with van der Waals surface area (Å²) in [4.78, 5) is 20.0. The molecule has 6 rings (SSSR count). The highest BCUT2D eigenvalue weighted by molar-refractivity contribution is 5.97. The van der Waals surface area contributed by atoms with E-state index in [9.17, 15) is 4.79 Å². The Morgan fingerprint density at radius 2 is 0.875 bits per heavy atom. The van der Waals surface area contributed by atoms with Crippen LogP contribution in [0.3, 0.4) is 0 Å². The van der Waals surface area contributed by atoms with Crippen molar-refractivity contribution >= 4 is 34.2 Å². The predicted octanol–water partition coefficient (Wildman–Crippen LogP) is 8.82. The molecular weight excluding hydrogens is 590 g/mol. The third kappa shape index (κ3) is 6.50. The highest BCUT2D eigenvalue weighted by atomic mass is 16.6. The minimum absolute atomic E-state index is 0.338. The van der Waals surface area contributed by atoms with Gasteiger partial charge in [-0.2, -0.15) is 0 Å². The van der Waals surface area contributed by atoms with Crippen LogP contribution in [0.1, 0.15) is 43.7 Å². The Kier molecular flexibility index (Phi) is 8.97. The molecule has 0 aliphatic carbocycles. The fourth-order valence-electron chi connectivity index (χ4n) is 6.17. The second-order valence-corrected chi connectivity index (χ2v) is 13.0. The molecule has 0 amide bonds. The van der Waals surface area contributed by atoms with E-state index in [0.29, 0.717) is 5.56 Å². The van der Waals surface area contributed by atoms with E-state index in [1.54, 1.807) is 0 Å². The Morgan fingerprint density at radius 1 is 0.521 bits per heavy atom.